The molecule has 1 aliphatic heterocycles. The molecule has 2 aromatic carbocycles. The van der Waals surface area contributed by atoms with Crippen molar-refractivity contribution in [3.63, 3.8) is 0 Å². The fourth-order valence-electron chi connectivity index (χ4n) is 3.69. The Bertz CT molecular complexity index is 1210. The molecule has 174 valence electrons. The largest absolute Gasteiger partial charge is 0.382 e. The number of hydrogen-bond donors (Lipinski definition) is 1. The zero-order valence-corrected chi connectivity index (χ0v) is 20.8. The van der Waals surface area contributed by atoms with E-state index < -0.39 is 10.0 Å². The number of benzene rings is 2. The fraction of sp³-hybridized carbons (Fsp3) is 0.261. The normalized spacial score (nSPS) is 15.3. The summed E-state index contributed by atoms with van der Waals surface area (Å²) in [5.41, 5.74) is 1.41. The van der Waals surface area contributed by atoms with Crippen molar-refractivity contribution in [3.8, 4) is 0 Å². The number of amides is 1. The van der Waals surface area contributed by atoms with E-state index in [0.717, 1.165) is 21.4 Å². The monoisotopic (exact) mass is 523 g/mol. The smallest absolute Gasteiger partial charge is 0.268 e. The van der Waals surface area contributed by atoms with Gasteiger partial charge in [-0.25, -0.2) is 12.8 Å². The first kappa shape index (κ1) is 24.0. The van der Waals surface area contributed by atoms with Crippen molar-refractivity contribution in [3.05, 3.63) is 82.2 Å². The van der Waals surface area contributed by atoms with Crippen molar-refractivity contribution < 1.29 is 13.2 Å². The fourth-order valence-corrected chi connectivity index (χ4v) is 7.15. The standard InChI is InChI=1S/C23H23Cl2N3O3S2/c24-18-7-4-8-20(15-18)26-19-11-13-27(14-12-19)33(30,31)22-10-9-21(32-22)16-28(25)23(29)17-5-2-1-3-6-17/h1-10,15,19,26H,11-14,16H2. The van der Waals surface area contributed by atoms with Gasteiger partial charge in [-0.2, -0.15) is 4.31 Å². The van der Waals surface area contributed by atoms with Gasteiger partial charge in [0.05, 0.1) is 6.54 Å². The maximum Gasteiger partial charge on any atom is 0.268 e. The van der Waals surface area contributed by atoms with Gasteiger partial charge >= 0.3 is 0 Å². The van der Waals surface area contributed by atoms with E-state index in [2.05, 4.69) is 5.32 Å². The van der Waals surface area contributed by atoms with Crippen molar-refractivity contribution in [1.82, 2.24) is 8.72 Å². The summed E-state index contributed by atoms with van der Waals surface area (Å²) in [5.74, 6) is -0.329. The Labute approximate surface area is 207 Å². The summed E-state index contributed by atoms with van der Waals surface area (Å²) in [6.45, 7) is 0.991. The summed E-state index contributed by atoms with van der Waals surface area (Å²) in [5, 5.41) is 4.09. The molecule has 0 bridgehead atoms. The minimum Gasteiger partial charge on any atom is -0.382 e. The van der Waals surface area contributed by atoms with Crippen LogP contribution in [-0.2, 0) is 16.6 Å². The summed E-state index contributed by atoms with van der Waals surface area (Å²) in [4.78, 5) is 13.1. The van der Waals surface area contributed by atoms with Crippen molar-refractivity contribution in [2.24, 2.45) is 0 Å². The van der Waals surface area contributed by atoms with Gasteiger partial charge in [0.25, 0.3) is 15.9 Å². The number of rotatable bonds is 7. The van der Waals surface area contributed by atoms with E-state index in [1.165, 1.54) is 4.31 Å². The van der Waals surface area contributed by atoms with Crippen LogP contribution in [0, 0.1) is 0 Å². The highest BCUT2D eigenvalue weighted by atomic mass is 35.5. The Kier molecular flexibility index (Phi) is 7.61. The maximum absolute atomic E-state index is 13.1. The van der Waals surface area contributed by atoms with E-state index in [9.17, 15) is 13.2 Å². The highest BCUT2D eigenvalue weighted by Crippen LogP contribution is 2.29. The average Bonchev–Trinajstić information content (AvgIpc) is 3.29. The quantitative estimate of drug-likeness (QED) is 0.417. The number of carbonyl (C=O) groups is 1. The molecular weight excluding hydrogens is 501 g/mol. The van der Waals surface area contributed by atoms with Crippen LogP contribution in [0.4, 0.5) is 5.69 Å². The second-order valence-electron chi connectivity index (χ2n) is 7.75. The van der Waals surface area contributed by atoms with Gasteiger partial charge < -0.3 is 5.32 Å². The van der Waals surface area contributed by atoms with Crippen molar-refractivity contribution in [2.75, 3.05) is 18.4 Å². The Morgan fingerprint density at radius 2 is 1.79 bits per heavy atom. The molecule has 0 spiro atoms. The van der Waals surface area contributed by atoms with E-state index in [-0.39, 0.29) is 22.7 Å². The number of nitrogens with zero attached hydrogens (tertiary/aromatic N) is 2. The molecule has 0 aliphatic carbocycles. The third-order valence-corrected chi connectivity index (χ3v) is 9.36. The number of anilines is 1. The molecule has 10 heteroatoms. The number of thiophene rings is 1. The average molecular weight is 524 g/mol. The van der Waals surface area contributed by atoms with Gasteiger partial charge in [-0.15, -0.1) is 11.3 Å². The van der Waals surface area contributed by atoms with E-state index in [1.807, 2.05) is 30.3 Å². The first-order valence-corrected chi connectivity index (χ1v) is 13.4. The minimum atomic E-state index is -3.60. The van der Waals surface area contributed by atoms with Gasteiger partial charge in [0, 0.05) is 52.1 Å². The summed E-state index contributed by atoms with van der Waals surface area (Å²) in [7, 11) is -3.60. The molecule has 1 fully saturated rings. The molecule has 1 amide bonds. The molecule has 33 heavy (non-hydrogen) atoms. The zero-order chi connectivity index (χ0) is 23.4. The lowest BCUT2D eigenvalue weighted by Crippen LogP contribution is -2.42. The van der Waals surface area contributed by atoms with Crippen LogP contribution >= 0.6 is 34.7 Å². The van der Waals surface area contributed by atoms with Crippen LogP contribution in [0.3, 0.4) is 0 Å². The number of nitrogens with one attached hydrogen (secondary N) is 1. The van der Waals surface area contributed by atoms with Crippen molar-refractivity contribution in [1.29, 1.82) is 0 Å². The van der Waals surface area contributed by atoms with Crippen LogP contribution in [0.1, 0.15) is 28.1 Å². The second-order valence-corrected chi connectivity index (χ2v) is 11.9. The van der Waals surface area contributed by atoms with Gasteiger partial charge in [0.15, 0.2) is 0 Å². The van der Waals surface area contributed by atoms with Crippen LogP contribution in [0.25, 0.3) is 0 Å². The van der Waals surface area contributed by atoms with Crippen molar-refractivity contribution in [2.45, 2.75) is 29.6 Å². The molecule has 6 nitrogen and oxygen atoms in total. The number of hydrogen-bond acceptors (Lipinski definition) is 5. The van der Waals surface area contributed by atoms with Gasteiger partial charge in [-0.05, 0) is 55.3 Å². The third kappa shape index (κ3) is 5.88. The molecule has 1 aromatic heterocycles. The van der Waals surface area contributed by atoms with E-state index in [0.29, 0.717) is 41.4 Å². The Morgan fingerprint density at radius 1 is 1.06 bits per heavy atom. The summed E-state index contributed by atoms with van der Waals surface area (Å²) < 4.78 is 29.1. The highest BCUT2D eigenvalue weighted by molar-refractivity contribution is 7.91. The lowest BCUT2D eigenvalue weighted by molar-refractivity contribution is 0.0858. The number of sulfonamides is 1. The predicted molar refractivity (Wildman–Crippen MR) is 133 cm³/mol. The van der Waals surface area contributed by atoms with Gasteiger partial charge in [-0.3, -0.25) is 4.79 Å². The molecule has 1 N–H and O–H groups in total. The molecule has 4 rings (SSSR count). The predicted octanol–water partition coefficient (Wildman–Crippen LogP) is 5.46. The molecule has 1 aliphatic rings. The maximum atomic E-state index is 13.1. The van der Waals surface area contributed by atoms with Gasteiger partial charge in [0.1, 0.15) is 4.21 Å². The Hall–Kier alpha value is -2.10. The van der Waals surface area contributed by atoms with Crippen LogP contribution in [0.2, 0.25) is 5.02 Å². The highest BCUT2D eigenvalue weighted by Gasteiger charge is 2.30. The topological polar surface area (TPSA) is 69.7 Å². The van der Waals surface area contributed by atoms with Crippen LogP contribution in [-0.4, -0.2) is 42.2 Å². The van der Waals surface area contributed by atoms with Gasteiger partial charge in [-0.1, -0.05) is 35.9 Å². The molecule has 0 atom stereocenters. The first-order chi connectivity index (χ1) is 15.8. The molecule has 1 saturated heterocycles. The van der Waals surface area contributed by atoms with Crippen LogP contribution in [0.5, 0.6) is 0 Å². The third-order valence-electron chi connectivity index (χ3n) is 5.42. The van der Waals surface area contributed by atoms with Crippen LogP contribution < -0.4 is 5.32 Å². The minimum absolute atomic E-state index is 0.126. The Morgan fingerprint density at radius 3 is 2.48 bits per heavy atom. The molecule has 0 radical (unpaired) electrons. The van der Waals surface area contributed by atoms with Crippen molar-refractivity contribution >= 4 is 56.3 Å². The first-order valence-electron chi connectivity index (χ1n) is 10.5. The molecule has 2 heterocycles. The van der Waals surface area contributed by atoms with E-state index in [1.54, 1.807) is 36.4 Å². The lowest BCUT2D eigenvalue weighted by atomic mass is 10.1. The van der Waals surface area contributed by atoms with E-state index in [4.69, 9.17) is 23.4 Å². The molecular formula is C23H23Cl2N3O3S2. The molecule has 0 unspecified atom stereocenters. The summed E-state index contributed by atoms with van der Waals surface area (Å²) in [6.07, 6.45) is 1.40. The number of carbonyl (C=O) groups excluding carboxylic acids is 1. The lowest BCUT2D eigenvalue weighted by Gasteiger charge is -2.31. The zero-order valence-electron chi connectivity index (χ0n) is 17.7. The summed E-state index contributed by atoms with van der Waals surface area (Å²) in [6, 6.07) is 19.7. The number of halogens is 2. The van der Waals surface area contributed by atoms with Crippen LogP contribution in [0.15, 0.2) is 70.9 Å². The Balaban J connectivity index is 1.35. The molecule has 0 saturated carbocycles. The van der Waals surface area contributed by atoms with Gasteiger partial charge in [0.2, 0.25) is 0 Å². The summed E-state index contributed by atoms with van der Waals surface area (Å²) >= 11 is 13.4. The van der Waals surface area contributed by atoms with E-state index >= 15 is 0 Å². The SMILES string of the molecule is O=C(c1ccccc1)N(Cl)Cc1ccc(S(=O)(=O)N2CCC(Nc3cccc(Cl)c3)CC2)s1. The molecule has 3 aromatic rings. The number of piperidine rings is 1. The second kappa shape index (κ2) is 10.4.